The Balaban J connectivity index is 0.964. The van der Waals surface area contributed by atoms with Gasteiger partial charge in [-0.05, 0) is 83.4 Å². The first-order valence-corrected chi connectivity index (χ1v) is 22.4. The molecule has 60 heavy (non-hydrogen) atoms. The lowest BCUT2D eigenvalue weighted by Crippen LogP contribution is -2.53. The SMILES string of the molecule is Cc1cc(Nc2ncc(Cl)c(Nc3ccccc3S(=O)(=O)C(C)C)n2)c(OC(C)C)cc1N1CCC(N2CCN(Cc3ccc(N4CCC(=O)NC4=O)cc3F)CC2)CC1. The molecule has 3 amide bonds. The van der Waals surface area contributed by atoms with Crippen molar-refractivity contribution in [3.63, 3.8) is 0 Å². The van der Waals surface area contributed by atoms with E-state index in [-0.39, 0.29) is 52.5 Å². The van der Waals surface area contributed by atoms with Crippen molar-refractivity contribution in [3.05, 3.63) is 82.8 Å². The fourth-order valence-corrected chi connectivity index (χ4v) is 9.28. The zero-order valence-corrected chi connectivity index (χ0v) is 36.2. The number of carbonyl (C=O) groups excluding carboxylic acids is 2. The number of piperazine rings is 1. The fourth-order valence-electron chi connectivity index (χ4n) is 7.94. The number of ether oxygens (including phenoxy) is 1. The summed E-state index contributed by atoms with van der Waals surface area (Å²) < 4.78 is 47.7. The van der Waals surface area contributed by atoms with Crippen LogP contribution in [0.15, 0.2) is 65.7 Å². The standard InChI is InChI=1S/C43H53ClFN9O5S/c1-27(2)59-38-24-37(29(5)22-36(38)48-42-46-25-33(44)41(50-42)47-35-8-6-7-9-39(35)60(57,58)28(3)4)53-15-12-31(13-16-53)52-20-18-51(19-21-52)26-30-10-11-32(23-34(30)45)54-17-14-40(55)49-43(54)56/h6-11,22-25,27-28,31H,12-21,26H2,1-5H3,(H,49,55,56)(H2,46,47,48,50). The average Bonchev–Trinajstić information content (AvgIpc) is 3.21. The Morgan fingerprint density at radius 1 is 0.933 bits per heavy atom. The summed E-state index contributed by atoms with van der Waals surface area (Å²) in [6.07, 6.45) is 3.59. The summed E-state index contributed by atoms with van der Waals surface area (Å²) in [6, 6.07) is 15.6. The number of benzene rings is 3. The molecule has 3 aliphatic rings. The number of halogens is 2. The second-order valence-corrected chi connectivity index (χ2v) is 19.0. The Labute approximate surface area is 356 Å². The smallest absolute Gasteiger partial charge is 0.328 e. The minimum absolute atomic E-state index is 0.0972. The molecule has 4 heterocycles. The molecule has 3 fully saturated rings. The first kappa shape index (κ1) is 43.1. The minimum atomic E-state index is -3.58. The monoisotopic (exact) mass is 861 g/mol. The van der Waals surface area contributed by atoms with Crippen LogP contribution in [0.4, 0.5) is 43.7 Å². The van der Waals surface area contributed by atoms with Crippen molar-refractivity contribution >= 4 is 67.9 Å². The van der Waals surface area contributed by atoms with E-state index in [4.69, 9.17) is 16.3 Å². The summed E-state index contributed by atoms with van der Waals surface area (Å²) in [5.41, 5.74) is 4.27. The van der Waals surface area contributed by atoms with Gasteiger partial charge in [0.1, 0.15) is 16.6 Å². The number of sulfone groups is 1. The lowest BCUT2D eigenvalue weighted by Gasteiger charge is -2.43. The quantitative estimate of drug-likeness (QED) is 0.124. The molecule has 0 unspecified atom stereocenters. The second-order valence-electron chi connectivity index (χ2n) is 16.1. The summed E-state index contributed by atoms with van der Waals surface area (Å²) in [6.45, 7) is 15.3. The number of hydrogen-bond donors (Lipinski definition) is 3. The molecule has 14 nitrogen and oxygen atoms in total. The maximum atomic E-state index is 15.2. The van der Waals surface area contributed by atoms with E-state index in [0.717, 1.165) is 63.4 Å². The highest BCUT2D eigenvalue weighted by atomic mass is 35.5. The number of amides is 3. The highest BCUT2D eigenvalue weighted by molar-refractivity contribution is 7.92. The summed E-state index contributed by atoms with van der Waals surface area (Å²) in [4.78, 5) is 41.6. The molecular weight excluding hydrogens is 809 g/mol. The molecular formula is C43H53ClFN9O5S. The van der Waals surface area contributed by atoms with Crippen LogP contribution < -0.4 is 30.5 Å². The molecule has 0 bridgehead atoms. The van der Waals surface area contributed by atoms with Gasteiger partial charge in [0.05, 0.1) is 33.8 Å². The number of para-hydroxylation sites is 1. The van der Waals surface area contributed by atoms with Gasteiger partial charge in [-0.3, -0.25) is 24.8 Å². The summed E-state index contributed by atoms with van der Waals surface area (Å²) in [5, 5.41) is 8.34. The minimum Gasteiger partial charge on any atom is -0.489 e. The maximum Gasteiger partial charge on any atom is 0.328 e. The molecule has 0 radical (unpaired) electrons. The third kappa shape index (κ3) is 9.78. The number of nitrogens with zero attached hydrogens (tertiary/aromatic N) is 6. The molecule has 0 saturated carbocycles. The van der Waals surface area contributed by atoms with Gasteiger partial charge in [-0.25, -0.2) is 22.6 Å². The van der Waals surface area contributed by atoms with Gasteiger partial charge in [0, 0.05) is 87.8 Å². The van der Waals surface area contributed by atoms with Gasteiger partial charge in [-0.1, -0.05) is 29.8 Å². The van der Waals surface area contributed by atoms with Crippen LogP contribution >= 0.6 is 11.6 Å². The van der Waals surface area contributed by atoms with Crippen LogP contribution in [0.5, 0.6) is 5.75 Å². The summed E-state index contributed by atoms with van der Waals surface area (Å²) in [5.74, 6) is 0.506. The molecule has 3 saturated heterocycles. The summed E-state index contributed by atoms with van der Waals surface area (Å²) in [7, 11) is -3.58. The van der Waals surface area contributed by atoms with Crippen LogP contribution in [-0.4, -0.2) is 103 Å². The molecule has 4 aromatic rings. The van der Waals surface area contributed by atoms with Gasteiger partial charge in [0.25, 0.3) is 0 Å². The number of hydrogen-bond acceptors (Lipinski definition) is 12. The molecule has 17 heteroatoms. The molecule has 0 atom stereocenters. The van der Waals surface area contributed by atoms with Gasteiger partial charge < -0.3 is 20.3 Å². The number of piperidine rings is 1. The first-order chi connectivity index (χ1) is 28.7. The first-order valence-electron chi connectivity index (χ1n) is 20.5. The molecule has 3 aromatic carbocycles. The number of carbonyl (C=O) groups is 2. The van der Waals surface area contributed by atoms with E-state index in [1.54, 1.807) is 50.2 Å². The topological polar surface area (TPSA) is 152 Å². The number of anilines is 6. The van der Waals surface area contributed by atoms with Crippen LogP contribution in [0.3, 0.4) is 0 Å². The highest BCUT2D eigenvalue weighted by Crippen LogP contribution is 2.38. The van der Waals surface area contributed by atoms with Crippen LogP contribution in [-0.2, 0) is 21.2 Å². The molecule has 320 valence electrons. The van der Waals surface area contributed by atoms with E-state index in [0.29, 0.717) is 41.0 Å². The summed E-state index contributed by atoms with van der Waals surface area (Å²) >= 11 is 6.51. The van der Waals surface area contributed by atoms with Crippen LogP contribution in [0.25, 0.3) is 0 Å². The molecule has 0 aliphatic carbocycles. The van der Waals surface area contributed by atoms with E-state index < -0.39 is 21.1 Å². The van der Waals surface area contributed by atoms with E-state index >= 15 is 4.39 Å². The zero-order valence-electron chi connectivity index (χ0n) is 34.7. The van der Waals surface area contributed by atoms with Gasteiger partial charge >= 0.3 is 6.03 Å². The van der Waals surface area contributed by atoms with Crippen molar-refractivity contribution < 1.29 is 27.1 Å². The van der Waals surface area contributed by atoms with E-state index in [1.165, 1.54) is 17.2 Å². The van der Waals surface area contributed by atoms with E-state index in [9.17, 15) is 18.0 Å². The largest absolute Gasteiger partial charge is 0.489 e. The van der Waals surface area contributed by atoms with Crippen molar-refractivity contribution in [1.29, 1.82) is 0 Å². The number of rotatable bonds is 13. The third-order valence-electron chi connectivity index (χ3n) is 11.2. The van der Waals surface area contributed by atoms with Crippen molar-refractivity contribution in [1.82, 2.24) is 25.1 Å². The normalized spacial score (nSPS) is 17.4. The Kier molecular flexibility index (Phi) is 13.1. The predicted octanol–water partition coefficient (Wildman–Crippen LogP) is 7.27. The van der Waals surface area contributed by atoms with Crippen molar-refractivity contribution in [2.24, 2.45) is 0 Å². The maximum absolute atomic E-state index is 15.2. The number of aromatic nitrogens is 2. The predicted molar refractivity (Wildman–Crippen MR) is 233 cm³/mol. The average molecular weight is 862 g/mol. The highest BCUT2D eigenvalue weighted by Gasteiger charge is 2.30. The third-order valence-corrected chi connectivity index (χ3v) is 13.7. The number of aryl methyl sites for hydroxylation is 1. The Morgan fingerprint density at radius 2 is 1.67 bits per heavy atom. The zero-order chi connectivity index (χ0) is 42.7. The Hall–Kier alpha value is -5.03. The van der Waals surface area contributed by atoms with Gasteiger partial charge in [-0.2, -0.15) is 4.98 Å². The molecule has 1 aromatic heterocycles. The van der Waals surface area contributed by atoms with Gasteiger partial charge in [-0.15, -0.1) is 0 Å². The van der Waals surface area contributed by atoms with Crippen LogP contribution in [0.2, 0.25) is 5.02 Å². The van der Waals surface area contributed by atoms with Gasteiger partial charge in [0.2, 0.25) is 11.9 Å². The number of imide groups is 1. The van der Waals surface area contributed by atoms with Crippen molar-refractivity contribution in [3.8, 4) is 5.75 Å². The Morgan fingerprint density at radius 3 is 2.35 bits per heavy atom. The van der Waals surface area contributed by atoms with E-state index in [1.807, 2.05) is 19.9 Å². The molecule has 0 spiro atoms. The molecule has 3 N–H and O–H groups in total. The Bertz CT molecular complexity index is 2330. The number of nitrogens with one attached hydrogen (secondary N) is 3. The van der Waals surface area contributed by atoms with Crippen molar-refractivity contribution in [2.75, 3.05) is 66.2 Å². The van der Waals surface area contributed by atoms with Crippen LogP contribution in [0, 0.1) is 12.7 Å². The fraction of sp³-hybridized carbons (Fsp3) is 0.442. The second kappa shape index (κ2) is 18.3. The number of urea groups is 1. The lowest BCUT2D eigenvalue weighted by molar-refractivity contribution is -0.120. The lowest BCUT2D eigenvalue weighted by atomic mass is 10.00. The van der Waals surface area contributed by atoms with Gasteiger partial charge in [0.15, 0.2) is 15.7 Å². The molecule has 3 aliphatic heterocycles. The molecule has 7 rings (SSSR count). The van der Waals surface area contributed by atoms with E-state index in [2.05, 4.69) is 53.6 Å². The van der Waals surface area contributed by atoms with Crippen LogP contribution in [0.1, 0.15) is 58.1 Å². The van der Waals surface area contributed by atoms with Crippen molar-refractivity contribution in [2.45, 2.75) is 82.7 Å².